The lowest BCUT2D eigenvalue weighted by Crippen LogP contribution is -2.51. The van der Waals surface area contributed by atoms with Crippen LogP contribution in [0.15, 0.2) is 24.3 Å². The number of amides is 2. The minimum Gasteiger partial charge on any atom is -0.497 e. The second-order valence-corrected chi connectivity index (χ2v) is 7.12. The summed E-state index contributed by atoms with van der Waals surface area (Å²) >= 11 is 0. The predicted molar refractivity (Wildman–Crippen MR) is 101 cm³/mol. The van der Waals surface area contributed by atoms with E-state index < -0.39 is 0 Å². The molecule has 6 heteroatoms. The van der Waals surface area contributed by atoms with E-state index in [0.717, 1.165) is 57.9 Å². The standard InChI is InChI=1S/C20H31N3O3/c1-25-19-7-4-5-17(15-19)16-22-10-12-23(13-11-22)20(24)21-9-8-18-6-2-3-14-26-18/h4-5,7,15,18H,2-3,6,8-14,16H2,1H3,(H,21,24). The van der Waals surface area contributed by atoms with E-state index in [1.165, 1.54) is 18.4 Å². The van der Waals surface area contributed by atoms with Crippen LogP contribution in [0.2, 0.25) is 0 Å². The number of rotatable bonds is 6. The van der Waals surface area contributed by atoms with Crippen LogP contribution in [-0.4, -0.2) is 68.4 Å². The van der Waals surface area contributed by atoms with Crippen molar-refractivity contribution in [3.8, 4) is 5.75 Å². The van der Waals surface area contributed by atoms with Crippen molar-refractivity contribution in [1.29, 1.82) is 0 Å². The summed E-state index contributed by atoms with van der Waals surface area (Å²) < 4.78 is 11.0. The lowest BCUT2D eigenvalue weighted by Gasteiger charge is -2.35. The molecule has 0 aromatic heterocycles. The molecule has 3 rings (SSSR count). The molecule has 1 N–H and O–H groups in total. The third-order valence-electron chi connectivity index (χ3n) is 5.22. The van der Waals surface area contributed by atoms with E-state index in [9.17, 15) is 4.79 Å². The number of nitrogens with zero attached hydrogens (tertiary/aromatic N) is 2. The minimum atomic E-state index is 0.0573. The summed E-state index contributed by atoms with van der Waals surface area (Å²) in [4.78, 5) is 16.6. The summed E-state index contributed by atoms with van der Waals surface area (Å²) in [5, 5.41) is 3.05. The molecule has 2 fully saturated rings. The van der Waals surface area contributed by atoms with Crippen LogP contribution in [0.25, 0.3) is 0 Å². The molecule has 0 bridgehead atoms. The van der Waals surface area contributed by atoms with Crippen LogP contribution in [0.5, 0.6) is 5.75 Å². The van der Waals surface area contributed by atoms with Gasteiger partial charge >= 0.3 is 6.03 Å². The topological polar surface area (TPSA) is 54.0 Å². The fourth-order valence-electron chi connectivity index (χ4n) is 3.63. The first-order valence-electron chi connectivity index (χ1n) is 9.74. The number of ether oxygens (including phenoxy) is 2. The second kappa shape index (κ2) is 9.78. The molecule has 1 aromatic carbocycles. The van der Waals surface area contributed by atoms with E-state index in [1.807, 2.05) is 17.0 Å². The first-order valence-corrected chi connectivity index (χ1v) is 9.74. The lowest BCUT2D eigenvalue weighted by atomic mass is 10.1. The average Bonchev–Trinajstić information content (AvgIpc) is 2.69. The Kier molecular flexibility index (Phi) is 7.14. The highest BCUT2D eigenvalue weighted by Crippen LogP contribution is 2.16. The van der Waals surface area contributed by atoms with Gasteiger partial charge in [-0.2, -0.15) is 0 Å². The van der Waals surface area contributed by atoms with Gasteiger partial charge in [0.15, 0.2) is 0 Å². The molecule has 2 heterocycles. The third-order valence-corrected chi connectivity index (χ3v) is 5.22. The number of nitrogens with one attached hydrogen (secondary N) is 1. The highest BCUT2D eigenvalue weighted by atomic mass is 16.5. The Morgan fingerprint density at radius 2 is 2.12 bits per heavy atom. The minimum absolute atomic E-state index is 0.0573. The number of hydrogen-bond donors (Lipinski definition) is 1. The van der Waals surface area contributed by atoms with E-state index in [-0.39, 0.29) is 6.03 Å². The van der Waals surface area contributed by atoms with Crippen molar-refractivity contribution < 1.29 is 14.3 Å². The Morgan fingerprint density at radius 1 is 1.27 bits per heavy atom. The van der Waals surface area contributed by atoms with Crippen LogP contribution in [0.4, 0.5) is 4.79 Å². The molecule has 1 aromatic rings. The van der Waals surface area contributed by atoms with Gasteiger partial charge in [-0.05, 0) is 43.4 Å². The number of urea groups is 1. The van der Waals surface area contributed by atoms with Gasteiger partial charge < -0.3 is 19.7 Å². The molecule has 2 aliphatic heterocycles. The van der Waals surface area contributed by atoms with Crippen LogP contribution in [0, 0.1) is 0 Å². The first-order chi connectivity index (χ1) is 12.7. The summed E-state index contributed by atoms with van der Waals surface area (Å²) in [6, 6.07) is 8.24. The molecule has 1 unspecified atom stereocenters. The Labute approximate surface area is 156 Å². The fraction of sp³-hybridized carbons (Fsp3) is 0.650. The fourth-order valence-corrected chi connectivity index (χ4v) is 3.63. The number of carbonyl (C=O) groups is 1. The zero-order valence-corrected chi connectivity index (χ0v) is 15.8. The van der Waals surface area contributed by atoms with Crippen LogP contribution >= 0.6 is 0 Å². The molecular formula is C20H31N3O3. The Morgan fingerprint density at radius 3 is 2.85 bits per heavy atom. The Hall–Kier alpha value is -1.79. The number of carbonyl (C=O) groups excluding carboxylic acids is 1. The Bertz CT molecular complexity index is 567. The highest BCUT2D eigenvalue weighted by Gasteiger charge is 2.21. The zero-order valence-electron chi connectivity index (χ0n) is 15.8. The molecular weight excluding hydrogens is 330 g/mol. The van der Waals surface area contributed by atoms with Crippen LogP contribution in [0.1, 0.15) is 31.2 Å². The molecule has 0 aliphatic carbocycles. The van der Waals surface area contributed by atoms with E-state index >= 15 is 0 Å². The van der Waals surface area contributed by atoms with Crippen LogP contribution in [-0.2, 0) is 11.3 Å². The monoisotopic (exact) mass is 361 g/mol. The number of methoxy groups -OCH3 is 1. The molecule has 2 aliphatic rings. The van der Waals surface area contributed by atoms with Gasteiger partial charge in [0, 0.05) is 45.9 Å². The van der Waals surface area contributed by atoms with Gasteiger partial charge in [0.05, 0.1) is 13.2 Å². The van der Waals surface area contributed by atoms with Crippen molar-refractivity contribution in [2.24, 2.45) is 0 Å². The number of piperazine rings is 1. The van der Waals surface area contributed by atoms with Crippen LogP contribution in [0.3, 0.4) is 0 Å². The van der Waals surface area contributed by atoms with E-state index in [2.05, 4.69) is 22.3 Å². The second-order valence-electron chi connectivity index (χ2n) is 7.12. The van der Waals surface area contributed by atoms with E-state index in [1.54, 1.807) is 7.11 Å². The summed E-state index contributed by atoms with van der Waals surface area (Å²) in [5.74, 6) is 0.891. The smallest absolute Gasteiger partial charge is 0.317 e. The van der Waals surface area contributed by atoms with Gasteiger partial charge in [-0.15, -0.1) is 0 Å². The maximum Gasteiger partial charge on any atom is 0.317 e. The molecule has 2 amide bonds. The van der Waals surface area contributed by atoms with Gasteiger partial charge in [-0.1, -0.05) is 12.1 Å². The largest absolute Gasteiger partial charge is 0.497 e. The summed E-state index contributed by atoms with van der Waals surface area (Å²) in [7, 11) is 1.69. The SMILES string of the molecule is COc1cccc(CN2CCN(C(=O)NCCC3CCCCO3)CC2)c1. The summed E-state index contributed by atoms with van der Waals surface area (Å²) in [5.41, 5.74) is 1.25. The highest BCUT2D eigenvalue weighted by molar-refractivity contribution is 5.74. The van der Waals surface area contributed by atoms with Gasteiger partial charge in [0.25, 0.3) is 0 Å². The van der Waals surface area contributed by atoms with Crippen molar-refractivity contribution in [1.82, 2.24) is 15.1 Å². The quantitative estimate of drug-likeness (QED) is 0.846. The predicted octanol–water partition coefficient (Wildman–Crippen LogP) is 2.48. The van der Waals surface area contributed by atoms with Crippen molar-refractivity contribution >= 4 is 6.03 Å². The maximum atomic E-state index is 12.3. The van der Waals surface area contributed by atoms with Gasteiger partial charge in [-0.25, -0.2) is 4.79 Å². The van der Waals surface area contributed by atoms with Gasteiger partial charge in [-0.3, -0.25) is 4.90 Å². The first kappa shape index (κ1) is 19.0. The van der Waals surface area contributed by atoms with Crippen molar-refractivity contribution in [3.63, 3.8) is 0 Å². The molecule has 0 saturated carbocycles. The Balaban J connectivity index is 1.35. The van der Waals surface area contributed by atoms with Crippen molar-refractivity contribution in [3.05, 3.63) is 29.8 Å². The molecule has 2 saturated heterocycles. The van der Waals surface area contributed by atoms with Crippen LogP contribution < -0.4 is 10.1 Å². The van der Waals surface area contributed by atoms with Gasteiger partial charge in [0.1, 0.15) is 5.75 Å². The zero-order chi connectivity index (χ0) is 18.2. The van der Waals surface area contributed by atoms with E-state index in [4.69, 9.17) is 9.47 Å². The number of hydrogen-bond acceptors (Lipinski definition) is 4. The summed E-state index contributed by atoms with van der Waals surface area (Å²) in [6.07, 6.45) is 4.78. The lowest BCUT2D eigenvalue weighted by molar-refractivity contribution is 0.0117. The van der Waals surface area contributed by atoms with Crippen molar-refractivity contribution in [2.45, 2.75) is 38.3 Å². The number of benzene rings is 1. The normalized spacial score (nSPS) is 21.4. The molecule has 144 valence electrons. The maximum absolute atomic E-state index is 12.3. The molecule has 0 spiro atoms. The average molecular weight is 361 g/mol. The van der Waals surface area contributed by atoms with E-state index in [0.29, 0.717) is 12.6 Å². The summed E-state index contributed by atoms with van der Waals surface area (Å²) in [6.45, 7) is 5.81. The molecule has 6 nitrogen and oxygen atoms in total. The molecule has 1 atom stereocenters. The van der Waals surface area contributed by atoms with Gasteiger partial charge in [0.2, 0.25) is 0 Å². The molecule has 0 radical (unpaired) electrons. The van der Waals surface area contributed by atoms with Crippen molar-refractivity contribution in [2.75, 3.05) is 46.4 Å². The third kappa shape index (κ3) is 5.61. The molecule has 26 heavy (non-hydrogen) atoms.